The number of hydrogen-bond donors (Lipinski definition) is 1. The zero-order valence-corrected chi connectivity index (χ0v) is 17.9. The first-order valence-corrected chi connectivity index (χ1v) is 10.4. The van der Waals surface area contributed by atoms with Crippen LogP contribution < -0.4 is 10.1 Å². The minimum atomic E-state index is -0.479. The maximum atomic E-state index is 12.6. The van der Waals surface area contributed by atoms with Crippen molar-refractivity contribution in [3.8, 4) is 5.75 Å². The lowest BCUT2D eigenvalue weighted by molar-refractivity contribution is -0.127. The first kappa shape index (κ1) is 20.9. The number of anilines is 1. The Hall–Kier alpha value is -2.80. The smallest absolute Gasteiger partial charge is 0.242 e. The van der Waals surface area contributed by atoms with Gasteiger partial charge in [0.2, 0.25) is 11.8 Å². The molecule has 6 nitrogen and oxygen atoms in total. The zero-order chi connectivity index (χ0) is 21.0. The summed E-state index contributed by atoms with van der Waals surface area (Å²) < 4.78 is 5.43. The van der Waals surface area contributed by atoms with Crippen LogP contribution in [-0.2, 0) is 9.59 Å². The van der Waals surface area contributed by atoms with Gasteiger partial charge in [0.15, 0.2) is 5.17 Å². The van der Waals surface area contributed by atoms with E-state index in [0.717, 1.165) is 28.3 Å². The summed E-state index contributed by atoms with van der Waals surface area (Å²) in [6.07, 6.45) is 0.101. The molecule has 29 heavy (non-hydrogen) atoms. The van der Waals surface area contributed by atoms with Crippen LogP contribution in [0.4, 0.5) is 11.4 Å². The molecule has 0 spiro atoms. The molecule has 1 unspecified atom stereocenters. The molecule has 1 aliphatic heterocycles. The zero-order valence-electron chi connectivity index (χ0n) is 17.1. The molecule has 2 aromatic rings. The van der Waals surface area contributed by atoms with E-state index in [-0.39, 0.29) is 18.2 Å². The van der Waals surface area contributed by atoms with Crippen molar-refractivity contribution < 1.29 is 14.3 Å². The second-order valence-electron chi connectivity index (χ2n) is 6.90. The van der Waals surface area contributed by atoms with E-state index < -0.39 is 5.25 Å². The molecule has 0 radical (unpaired) electrons. The van der Waals surface area contributed by atoms with Gasteiger partial charge >= 0.3 is 0 Å². The number of hydrogen-bond acceptors (Lipinski definition) is 5. The number of ether oxygens (including phenoxy) is 1. The molecule has 2 aromatic carbocycles. The van der Waals surface area contributed by atoms with Gasteiger partial charge in [0.25, 0.3) is 0 Å². The number of rotatable bonds is 6. The Morgan fingerprint density at radius 2 is 1.93 bits per heavy atom. The summed E-state index contributed by atoms with van der Waals surface area (Å²) in [6, 6.07) is 13.2. The van der Waals surface area contributed by atoms with Gasteiger partial charge in [-0.1, -0.05) is 29.5 Å². The Balaban J connectivity index is 1.65. The van der Waals surface area contributed by atoms with Gasteiger partial charge in [-0.3, -0.25) is 14.5 Å². The summed E-state index contributed by atoms with van der Waals surface area (Å²) in [5, 5.41) is 3.01. The maximum absolute atomic E-state index is 12.6. The molecule has 0 aliphatic carbocycles. The SMILES string of the molecule is CCOc1ccc(N=C2SC(CC(=O)Nc3ccc(C)cc3C)C(=O)N2C)cc1. The third kappa shape index (κ3) is 5.17. The molecule has 1 N–H and O–H groups in total. The van der Waals surface area contributed by atoms with Crippen molar-refractivity contribution >= 4 is 40.1 Å². The number of amides is 2. The number of amidine groups is 1. The van der Waals surface area contributed by atoms with Gasteiger partial charge in [-0.2, -0.15) is 0 Å². The standard InChI is InChI=1S/C22H25N3O3S/c1-5-28-17-9-7-16(8-10-17)23-22-25(4)21(27)19(29-22)13-20(26)24-18-11-6-14(2)12-15(18)3/h6-12,19H,5,13H2,1-4H3,(H,24,26). The highest BCUT2D eigenvalue weighted by Crippen LogP contribution is 2.31. The van der Waals surface area contributed by atoms with Crippen molar-refractivity contribution in [2.45, 2.75) is 32.4 Å². The van der Waals surface area contributed by atoms with Gasteiger partial charge in [0.05, 0.1) is 12.3 Å². The third-order valence-corrected chi connectivity index (χ3v) is 5.77. The van der Waals surface area contributed by atoms with Crippen LogP contribution in [0, 0.1) is 13.8 Å². The summed E-state index contributed by atoms with van der Waals surface area (Å²) in [5.41, 5.74) is 3.64. The lowest BCUT2D eigenvalue weighted by Gasteiger charge is -2.11. The molecular weight excluding hydrogens is 386 g/mol. The van der Waals surface area contributed by atoms with E-state index in [9.17, 15) is 9.59 Å². The molecule has 0 bridgehead atoms. The van der Waals surface area contributed by atoms with Gasteiger partial charge in [-0.05, 0) is 56.7 Å². The predicted octanol–water partition coefficient (Wildman–Crippen LogP) is 4.29. The van der Waals surface area contributed by atoms with Crippen LogP contribution in [-0.4, -0.2) is 40.8 Å². The topological polar surface area (TPSA) is 71.0 Å². The van der Waals surface area contributed by atoms with E-state index in [1.807, 2.05) is 63.2 Å². The lowest BCUT2D eigenvalue weighted by Crippen LogP contribution is -2.30. The average molecular weight is 412 g/mol. The summed E-state index contributed by atoms with van der Waals surface area (Å²) in [4.78, 5) is 31.1. The molecule has 1 aliphatic rings. The van der Waals surface area contributed by atoms with E-state index in [4.69, 9.17) is 4.74 Å². The van der Waals surface area contributed by atoms with Gasteiger partial charge in [-0.15, -0.1) is 0 Å². The minimum absolute atomic E-state index is 0.101. The van der Waals surface area contributed by atoms with Crippen LogP contribution >= 0.6 is 11.8 Å². The van der Waals surface area contributed by atoms with Crippen LogP contribution in [0.2, 0.25) is 0 Å². The van der Waals surface area contributed by atoms with E-state index in [1.165, 1.54) is 16.7 Å². The molecular formula is C22H25N3O3S. The fourth-order valence-electron chi connectivity index (χ4n) is 3.01. The monoisotopic (exact) mass is 411 g/mol. The van der Waals surface area contributed by atoms with Crippen molar-refractivity contribution in [1.29, 1.82) is 0 Å². The summed E-state index contributed by atoms with van der Waals surface area (Å²) in [6.45, 7) is 6.49. The molecule has 3 rings (SSSR count). The molecule has 1 fully saturated rings. The first-order valence-electron chi connectivity index (χ1n) is 9.50. The number of nitrogens with one attached hydrogen (secondary N) is 1. The van der Waals surface area contributed by atoms with Crippen LogP contribution in [0.25, 0.3) is 0 Å². The molecule has 1 atom stereocenters. The van der Waals surface area contributed by atoms with Crippen LogP contribution in [0.5, 0.6) is 5.75 Å². The molecule has 0 saturated carbocycles. The molecule has 7 heteroatoms. The van der Waals surface area contributed by atoms with Crippen molar-refractivity contribution in [1.82, 2.24) is 4.90 Å². The van der Waals surface area contributed by atoms with Crippen molar-refractivity contribution in [2.75, 3.05) is 19.0 Å². The average Bonchev–Trinajstić information content (AvgIpc) is 2.94. The van der Waals surface area contributed by atoms with Crippen LogP contribution in [0.3, 0.4) is 0 Å². The van der Waals surface area contributed by atoms with Crippen molar-refractivity contribution in [2.24, 2.45) is 4.99 Å². The number of thioether (sulfide) groups is 1. The van der Waals surface area contributed by atoms with Crippen LogP contribution in [0.1, 0.15) is 24.5 Å². The normalized spacial score (nSPS) is 17.7. The maximum Gasteiger partial charge on any atom is 0.242 e. The second kappa shape index (κ2) is 9.13. The second-order valence-corrected chi connectivity index (χ2v) is 8.07. The fourth-order valence-corrected chi connectivity index (χ4v) is 4.17. The van der Waals surface area contributed by atoms with Gasteiger partial charge in [0.1, 0.15) is 11.0 Å². The third-order valence-electron chi connectivity index (χ3n) is 4.54. The van der Waals surface area contributed by atoms with Crippen LogP contribution in [0.15, 0.2) is 47.5 Å². The Labute approximate surface area is 175 Å². The quantitative estimate of drug-likeness (QED) is 0.770. The van der Waals surface area contributed by atoms with E-state index >= 15 is 0 Å². The van der Waals surface area contributed by atoms with E-state index in [1.54, 1.807) is 7.05 Å². The number of benzene rings is 2. The lowest BCUT2D eigenvalue weighted by atomic mass is 10.1. The highest BCUT2D eigenvalue weighted by molar-refractivity contribution is 8.15. The van der Waals surface area contributed by atoms with Gasteiger partial charge < -0.3 is 10.1 Å². The number of carbonyl (C=O) groups is 2. The molecule has 2 amide bonds. The van der Waals surface area contributed by atoms with Gasteiger partial charge in [0, 0.05) is 19.2 Å². The fraction of sp³-hybridized carbons (Fsp3) is 0.318. The largest absolute Gasteiger partial charge is 0.494 e. The molecule has 152 valence electrons. The molecule has 0 aromatic heterocycles. The Kier molecular flexibility index (Phi) is 6.59. The summed E-state index contributed by atoms with van der Waals surface area (Å²) in [7, 11) is 1.69. The predicted molar refractivity (Wildman–Crippen MR) is 118 cm³/mol. The number of nitrogens with zero attached hydrogens (tertiary/aromatic N) is 2. The van der Waals surface area contributed by atoms with Crippen molar-refractivity contribution in [3.63, 3.8) is 0 Å². The summed E-state index contributed by atoms with van der Waals surface area (Å²) in [5.74, 6) is 0.481. The van der Waals surface area contributed by atoms with Crippen molar-refractivity contribution in [3.05, 3.63) is 53.6 Å². The molecule has 1 saturated heterocycles. The number of aryl methyl sites for hydroxylation is 2. The first-order chi connectivity index (χ1) is 13.9. The van der Waals surface area contributed by atoms with E-state index in [0.29, 0.717) is 11.8 Å². The minimum Gasteiger partial charge on any atom is -0.494 e. The van der Waals surface area contributed by atoms with E-state index in [2.05, 4.69) is 10.3 Å². The Morgan fingerprint density at radius 3 is 2.59 bits per heavy atom. The Bertz CT molecular complexity index is 941. The van der Waals surface area contributed by atoms with Gasteiger partial charge in [-0.25, -0.2) is 4.99 Å². The Morgan fingerprint density at radius 1 is 1.21 bits per heavy atom. The number of carbonyl (C=O) groups excluding carboxylic acids is 2. The highest BCUT2D eigenvalue weighted by atomic mass is 32.2. The highest BCUT2D eigenvalue weighted by Gasteiger charge is 2.37. The number of aliphatic imine (C=N–C) groups is 1. The summed E-state index contributed by atoms with van der Waals surface area (Å²) >= 11 is 1.32. The molecule has 1 heterocycles.